The molecule has 0 saturated heterocycles. The lowest BCUT2D eigenvalue weighted by Crippen LogP contribution is -2.08. The summed E-state index contributed by atoms with van der Waals surface area (Å²) in [6.07, 6.45) is 4.73. The lowest BCUT2D eigenvalue weighted by Gasteiger charge is -2.10. The number of hydrogen-bond donors (Lipinski definition) is 1. The number of rotatable bonds is 3. The van der Waals surface area contributed by atoms with Crippen LogP contribution in [-0.2, 0) is 0 Å². The van der Waals surface area contributed by atoms with E-state index in [2.05, 4.69) is 40.7 Å². The molecule has 2 rings (SSSR count). The Balaban J connectivity index is 2.30. The fraction of sp³-hybridized carbons (Fsp3) is 0.308. The quantitative estimate of drug-likeness (QED) is 0.855. The summed E-state index contributed by atoms with van der Waals surface area (Å²) in [5.41, 5.74) is 8.28. The molecule has 0 radical (unpaired) electrons. The van der Waals surface area contributed by atoms with Crippen LogP contribution in [0.3, 0.4) is 0 Å². The maximum atomic E-state index is 5.97. The zero-order chi connectivity index (χ0) is 11.5. The van der Waals surface area contributed by atoms with E-state index in [4.69, 9.17) is 5.73 Å². The maximum absolute atomic E-state index is 5.97. The molecular weight excluding hydrogens is 198 g/mol. The SMILES string of the molecule is CC[C@H](N)c1ccc(-n2ccnc2C)cc1. The summed E-state index contributed by atoms with van der Waals surface area (Å²) < 4.78 is 2.06. The molecular formula is C13H17N3. The molecule has 0 saturated carbocycles. The van der Waals surface area contributed by atoms with Crippen LogP contribution in [0, 0.1) is 6.92 Å². The van der Waals surface area contributed by atoms with E-state index < -0.39 is 0 Å². The number of imidazole rings is 1. The highest BCUT2D eigenvalue weighted by Crippen LogP contribution is 2.17. The number of hydrogen-bond acceptors (Lipinski definition) is 2. The summed E-state index contributed by atoms with van der Waals surface area (Å²) in [6.45, 7) is 4.09. The Morgan fingerprint density at radius 1 is 1.31 bits per heavy atom. The maximum Gasteiger partial charge on any atom is 0.110 e. The highest BCUT2D eigenvalue weighted by molar-refractivity contribution is 5.36. The van der Waals surface area contributed by atoms with E-state index in [1.54, 1.807) is 6.20 Å². The second-order valence-electron chi connectivity index (χ2n) is 3.95. The van der Waals surface area contributed by atoms with Gasteiger partial charge in [0, 0.05) is 24.1 Å². The molecule has 84 valence electrons. The Morgan fingerprint density at radius 3 is 2.50 bits per heavy atom. The molecule has 0 unspecified atom stereocenters. The van der Waals surface area contributed by atoms with Gasteiger partial charge in [0.2, 0.25) is 0 Å². The van der Waals surface area contributed by atoms with Crippen LogP contribution in [0.1, 0.15) is 30.8 Å². The Morgan fingerprint density at radius 2 is 2.00 bits per heavy atom. The molecule has 2 N–H and O–H groups in total. The van der Waals surface area contributed by atoms with Crippen molar-refractivity contribution in [3.8, 4) is 5.69 Å². The van der Waals surface area contributed by atoms with Crippen LogP contribution in [-0.4, -0.2) is 9.55 Å². The monoisotopic (exact) mass is 215 g/mol. The minimum Gasteiger partial charge on any atom is -0.324 e. The Hall–Kier alpha value is -1.61. The molecule has 16 heavy (non-hydrogen) atoms. The first-order valence-corrected chi connectivity index (χ1v) is 5.58. The Labute approximate surface area is 95.9 Å². The lowest BCUT2D eigenvalue weighted by atomic mass is 10.1. The van der Waals surface area contributed by atoms with Gasteiger partial charge in [0.1, 0.15) is 5.82 Å². The van der Waals surface area contributed by atoms with E-state index in [9.17, 15) is 0 Å². The predicted molar refractivity (Wildman–Crippen MR) is 65.5 cm³/mol. The van der Waals surface area contributed by atoms with E-state index in [1.165, 1.54) is 5.56 Å². The molecule has 0 aliphatic rings. The number of benzene rings is 1. The zero-order valence-electron chi connectivity index (χ0n) is 9.72. The van der Waals surface area contributed by atoms with Crippen LogP contribution in [0.2, 0.25) is 0 Å². The van der Waals surface area contributed by atoms with Crippen molar-refractivity contribution in [2.45, 2.75) is 26.3 Å². The number of aryl methyl sites for hydroxylation is 1. The smallest absolute Gasteiger partial charge is 0.110 e. The molecule has 0 spiro atoms. The average molecular weight is 215 g/mol. The van der Waals surface area contributed by atoms with Crippen molar-refractivity contribution in [1.29, 1.82) is 0 Å². The van der Waals surface area contributed by atoms with Crippen LogP contribution in [0.4, 0.5) is 0 Å². The van der Waals surface area contributed by atoms with E-state index in [1.807, 2.05) is 13.1 Å². The number of aromatic nitrogens is 2. The molecule has 0 aliphatic carbocycles. The first-order valence-electron chi connectivity index (χ1n) is 5.58. The van der Waals surface area contributed by atoms with E-state index >= 15 is 0 Å². The van der Waals surface area contributed by atoms with Gasteiger partial charge in [-0.3, -0.25) is 0 Å². The van der Waals surface area contributed by atoms with Gasteiger partial charge in [-0.1, -0.05) is 19.1 Å². The third-order valence-electron chi connectivity index (χ3n) is 2.86. The first-order chi connectivity index (χ1) is 7.72. The highest BCUT2D eigenvalue weighted by Gasteiger charge is 2.04. The molecule has 1 aromatic carbocycles. The standard InChI is InChI=1S/C13H17N3/c1-3-13(14)11-4-6-12(7-5-11)16-9-8-15-10(16)2/h4-9,13H,3,14H2,1-2H3/t13-/m0/s1. The fourth-order valence-corrected chi connectivity index (χ4v) is 1.77. The minimum atomic E-state index is 0.137. The third kappa shape index (κ3) is 1.99. The largest absolute Gasteiger partial charge is 0.324 e. The summed E-state index contributed by atoms with van der Waals surface area (Å²) in [5, 5.41) is 0. The molecule has 0 bridgehead atoms. The van der Waals surface area contributed by atoms with Crippen molar-refractivity contribution in [3.63, 3.8) is 0 Å². The van der Waals surface area contributed by atoms with Crippen LogP contribution in [0.25, 0.3) is 5.69 Å². The molecule has 0 amide bonds. The normalized spacial score (nSPS) is 12.7. The van der Waals surface area contributed by atoms with E-state index in [-0.39, 0.29) is 6.04 Å². The van der Waals surface area contributed by atoms with Crippen LogP contribution in [0.5, 0.6) is 0 Å². The van der Waals surface area contributed by atoms with E-state index in [0.717, 1.165) is 17.9 Å². The zero-order valence-corrected chi connectivity index (χ0v) is 9.72. The minimum absolute atomic E-state index is 0.137. The van der Waals surface area contributed by atoms with Gasteiger partial charge in [0.15, 0.2) is 0 Å². The van der Waals surface area contributed by atoms with Gasteiger partial charge in [-0.25, -0.2) is 4.98 Å². The first kappa shape index (κ1) is 10.9. The molecule has 0 fully saturated rings. The van der Waals surface area contributed by atoms with Gasteiger partial charge in [0.25, 0.3) is 0 Å². The van der Waals surface area contributed by atoms with Crippen molar-refractivity contribution in [1.82, 2.24) is 9.55 Å². The van der Waals surface area contributed by atoms with Gasteiger partial charge in [0.05, 0.1) is 0 Å². The molecule has 2 aromatic rings. The Bertz CT molecular complexity index is 456. The molecule has 1 aromatic heterocycles. The van der Waals surface area contributed by atoms with Crippen molar-refractivity contribution >= 4 is 0 Å². The summed E-state index contributed by atoms with van der Waals surface area (Å²) in [7, 11) is 0. The van der Waals surface area contributed by atoms with Gasteiger partial charge in [-0.05, 0) is 31.0 Å². The summed E-state index contributed by atoms with van der Waals surface area (Å²) in [4.78, 5) is 4.20. The van der Waals surface area contributed by atoms with Crippen LogP contribution in [0.15, 0.2) is 36.7 Å². The number of nitrogens with two attached hydrogens (primary N) is 1. The Kier molecular flexibility index (Phi) is 3.06. The summed E-state index contributed by atoms with van der Waals surface area (Å²) >= 11 is 0. The fourth-order valence-electron chi connectivity index (χ4n) is 1.77. The van der Waals surface area contributed by atoms with Gasteiger partial charge in [-0.2, -0.15) is 0 Å². The predicted octanol–water partition coefficient (Wildman–Crippen LogP) is 2.59. The third-order valence-corrected chi connectivity index (χ3v) is 2.86. The topological polar surface area (TPSA) is 43.8 Å². The molecule has 0 aliphatic heterocycles. The summed E-state index contributed by atoms with van der Waals surface area (Å²) in [6, 6.07) is 8.48. The molecule has 3 nitrogen and oxygen atoms in total. The highest BCUT2D eigenvalue weighted by atomic mass is 15.1. The molecule has 1 heterocycles. The second-order valence-corrected chi connectivity index (χ2v) is 3.95. The lowest BCUT2D eigenvalue weighted by molar-refractivity contribution is 0.698. The van der Waals surface area contributed by atoms with Crippen molar-refractivity contribution in [3.05, 3.63) is 48.0 Å². The second kappa shape index (κ2) is 4.49. The van der Waals surface area contributed by atoms with Crippen LogP contribution < -0.4 is 5.73 Å². The van der Waals surface area contributed by atoms with Crippen molar-refractivity contribution < 1.29 is 0 Å². The van der Waals surface area contributed by atoms with Gasteiger partial charge >= 0.3 is 0 Å². The van der Waals surface area contributed by atoms with Crippen molar-refractivity contribution in [2.24, 2.45) is 5.73 Å². The molecule has 3 heteroatoms. The molecule has 1 atom stereocenters. The average Bonchev–Trinajstić information content (AvgIpc) is 2.75. The number of nitrogens with zero attached hydrogens (tertiary/aromatic N) is 2. The van der Waals surface area contributed by atoms with Crippen molar-refractivity contribution in [2.75, 3.05) is 0 Å². The van der Waals surface area contributed by atoms with Crippen LogP contribution >= 0.6 is 0 Å². The van der Waals surface area contributed by atoms with E-state index in [0.29, 0.717) is 0 Å². The summed E-state index contributed by atoms with van der Waals surface area (Å²) in [5.74, 6) is 0.993. The van der Waals surface area contributed by atoms with Gasteiger partial charge < -0.3 is 10.3 Å². The van der Waals surface area contributed by atoms with Gasteiger partial charge in [-0.15, -0.1) is 0 Å².